The molecule has 0 bridgehead atoms. The lowest BCUT2D eigenvalue weighted by Gasteiger charge is -2.16. The molecule has 0 atom stereocenters. The molecular weight excluding hydrogens is 324 g/mol. The fraction of sp³-hybridized carbons (Fsp3) is 0.500. The van der Waals surface area contributed by atoms with Crippen LogP contribution in [0.25, 0.3) is 0 Å². The summed E-state index contributed by atoms with van der Waals surface area (Å²) < 4.78 is 4.93. The van der Waals surface area contributed by atoms with Gasteiger partial charge in [-0.15, -0.1) is 11.8 Å². The zero-order valence-electron chi connectivity index (χ0n) is 15.3. The summed E-state index contributed by atoms with van der Waals surface area (Å²) >= 11 is 1.16. The molecule has 0 N–H and O–H groups in total. The second-order valence-corrected chi connectivity index (χ2v) is 6.29. The summed E-state index contributed by atoms with van der Waals surface area (Å²) in [4.78, 5) is 24.3. The molecule has 1 amide bonds. The van der Waals surface area contributed by atoms with Crippen molar-refractivity contribution in [1.82, 2.24) is 5.01 Å². The van der Waals surface area contributed by atoms with Crippen molar-refractivity contribution < 1.29 is 14.3 Å². The minimum Gasteiger partial charge on any atom is -0.461 e. The third-order valence-corrected chi connectivity index (χ3v) is 4.30. The smallest absolute Gasteiger partial charge is 0.365 e. The number of carbonyl (C=O) groups excluding carboxylic acids is 2. The third kappa shape index (κ3) is 5.37. The van der Waals surface area contributed by atoms with E-state index in [0.717, 1.165) is 29.3 Å². The van der Waals surface area contributed by atoms with E-state index in [1.54, 1.807) is 20.2 Å². The molecule has 0 spiro atoms. The Morgan fingerprint density at radius 1 is 1.25 bits per heavy atom. The fourth-order valence-corrected chi connectivity index (χ4v) is 2.90. The minimum atomic E-state index is -0.509. The Morgan fingerprint density at radius 2 is 1.92 bits per heavy atom. The van der Waals surface area contributed by atoms with Gasteiger partial charge in [0.2, 0.25) is 11.0 Å². The van der Waals surface area contributed by atoms with Crippen LogP contribution in [0.4, 0.5) is 0 Å². The molecule has 0 aliphatic rings. The van der Waals surface area contributed by atoms with Crippen molar-refractivity contribution in [1.29, 1.82) is 0 Å². The molecule has 0 aliphatic heterocycles. The van der Waals surface area contributed by atoms with Crippen molar-refractivity contribution >= 4 is 28.7 Å². The van der Waals surface area contributed by atoms with Crippen molar-refractivity contribution in [2.45, 2.75) is 40.5 Å². The predicted octanol–water partition coefficient (Wildman–Crippen LogP) is 3.11. The first-order valence-electron chi connectivity index (χ1n) is 7.99. The van der Waals surface area contributed by atoms with Crippen LogP contribution in [0.15, 0.2) is 17.2 Å². The molecule has 5 nitrogen and oxygen atoms in total. The maximum absolute atomic E-state index is 12.5. The van der Waals surface area contributed by atoms with Gasteiger partial charge >= 0.3 is 5.97 Å². The average Bonchev–Trinajstić information content (AvgIpc) is 2.54. The first kappa shape index (κ1) is 20.2. The second-order valence-electron chi connectivity index (χ2n) is 5.50. The molecule has 0 saturated heterocycles. The minimum absolute atomic E-state index is 0.160. The van der Waals surface area contributed by atoms with E-state index in [1.807, 2.05) is 6.92 Å². The number of benzene rings is 1. The van der Waals surface area contributed by atoms with Gasteiger partial charge < -0.3 is 4.74 Å². The maximum atomic E-state index is 12.5. The van der Waals surface area contributed by atoms with Gasteiger partial charge in [-0.3, -0.25) is 4.79 Å². The summed E-state index contributed by atoms with van der Waals surface area (Å²) in [6, 6.07) is 4.20. The number of likely N-dealkylation sites (N-methyl/N-ethyl adjacent to an activating group) is 1. The predicted molar refractivity (Wildman–Crippen MR) is 99.4 cm³/mol. The van der Waals surface area contributed by atoms with Crippen molar-refractivity contribution in [2.24, 2.45) is 5.10 Å². The van der Waals surface area contributed by atoms with Crippen LogP contribution in [0, 0.1) is 13.8 Å². The van der Waals surface area contributed by atoms with Gasteiger partial charge in [-0.1, -0.05) is 24.6 Å². The van der Waals surface area contributed by atoms with E-state index in [9.17, 15) is 9.59 Å². The van der Waals surface area contributed by atoms with E-state index in [-0.39, 0.29) is 24.0 Å². The van der Waals surface area contributed by atoms with Crippen molar-refractivity contribution in [3.63, 3.8) is 0 Å². The molecule has 0 heterocycles. The monoisotopic (exact) mass is 350 g/mol. The summed E-state index contributed by atoms with van der Waals surface area (Å²) in [5.41, 5.74) is 4.51. The topological polar surface area (TPSA) is 59.0 Å². The molecule has 0 aliphatic carbocycles. The number of esters is 1. The van der Waals surface area contributed by atoms with Gasteiger partial charge in [0.05, 0.1) is 13.0 Å². The Balaban J connectivity index is 2.97. The van der Waals surface area contributed by atoms with E-state index in [1.165, 1.54) is 16.1 Å². The lowest BCUT2D eigenvalue weighted by molar-refractivity contribution is -0.134. The number of hydrogen-bond donors (Lipinski definition) is 0. The zero-order valence-corrected chi connectivity index (χ0v) is 16.1. The van der Waals surface area contributed by atoms with Crippen molar-refractivity contribution in [3.05, 3.63) is 34.4 Å². The van der Waals surface area contributed by atoms with E-state index in [0.29, 0.717) is 0 Å². The van der Waals surface area contributed by atoms with Crippen LogP contribution in [-0.2, 0) is 27.2 Å². The molecule has 0 saturated carbocycles. The van der Waals surface area contributed by atoms with Gasteiger partial charge in [0.25, 0.3) is 0 Å². The summed E-state index contributed by atoms with van der Waals surface area (Å²) in [7, 11) is 1.56. The Kier molecular flexibility index (Phi) is 7.98. The SMILES string of the molecule is CCOC(=O)/C(=N/N(C)C(=O)Cc1c(C)cc(C)cc1CC)SC. The fourth-order valence-electron chi connectivity index (χ4n) is 2.47. The van der Waals surface area contributed by atoms with Gasteiger partial charge in [-0.2, -0.15) is 5.10 Å². The van der Waals surface area contributed by atoms with Crippen LogP contribution in [0.3, 0.4) is 0 Å². The number of aryl methyl sites for hydroxylation is 3. The molecule has 24 heavy (non-hydrogen) atoms. The van der Waals surface area contributed by atoms with Gasteiger partial charge in [0.15, 0.2) is 0 Å². The van der Waals surface area contributed by atoms with E-state index < -0.39 is 5.97 Å². The van der Waals surface area contributed by atoms with Crippen molar-refractivity contribution in [2.75, 3.05) is 19.9 Å². The highest BCUT2D eigenvalue weighted by Gasteiger charge is 2.17. The largest absolute Gasteiger partial charge is 0.461 e. The second kappa shape index (κ2) is 9.47. The molecule has 6 heteroatoms. The van der Waals surface area contributed by atoms with Crippen LogP contribution < -0.4 is 0 Å². The highest BCUT2D eigenvalue weighted by molar-refractivity contribution is 8.15. The van der Waals surface area contributed by atoms with E-state index in [4.69, 9.17) is 4.74 Å². The molecule has 1 aromatic rings. The van der Waals surface area contributed by atoms with Gasteiger partial charge in [-0.05, 0) is 50.1 Å². The Morgan fingerprint density at radius 3 is 2.46 bits per heavy atom. The number of hydrazone groups is 1. The van der Waals surface area contributed by atoms with Crippen molar-refractivity contribution in [3.8, 4) is 0 Å². The normalized spacial score (nSPS) is 11.3. The van der Waals surface area contributed by atoms with Gasteiger partial charge in [-0.25, -0.2) is 9.80 Å². The number of rotatable bonds is 5. The molecule has 0 aromatic heterocycles. The third-order valence-electron chi connectivity index (χ3n) is 3.66. The van der Waals surface area contributed by atoms with E-state index >= 15 is 0 Å². The quantitative estimate of drug-likeness (QED) is 0.354. The van der Waals surface area contributed by atoms with Crippen LogP contribution in [-0.4, -0.2) is 41.8 Å². The summed E-state index contributed by atoms with van der Waals surface area (Å²) in [6.07, 6.45) is 2.87. The Bertz CT molecular complexity index is 641. The molecule has 0 radical (unpaired) electrons. The summed E-state index contributed by atoms with van der Waals surface area (Å²) in [5, 5.41) is 5.50. The maximum Gasteiger partial charge on any atom is 0.365 e. The Labute approximate surface area is 148 Å². The number of carbonyl (C=O) groups is 2. The highest BCUT2D eigenvalue weighted by atomic mass is 32.2. The summed E-state index contributed by atoms with van der Waals surface area (Å²) in [6.45, 7) is 8.16. The van der Waals surface area contributed by atoms with Gasteiger partial charge in [0.1, 0.15) is 0 Å². The first-order valence-corrected chi connectivity index (χ1v) is 9.21. The number of thioether (sulfide) groups is 1. The zero-order chi connectivity index (χ0) is 18.3. The summed E-state index contributed by atoms with van der Waals surface area (Å²) in [5.74, 6) is -0.669. The van der Waals surface area contributed by atoms with Crippen LogP contribution in [0.1, 0.15) is 36.1 Å². The van der Waals surface area contributed by atoms with Crippen LogP contribution in [0.5, 0.6) is 0 Å². The highest BCUT2D eigenvalue weighted by Crippen LogP contribution is 2.19. The first-order chi connectivity index (χ1) is 11.3. The van der Waals surface area contributed by atoms with E-state index in [2.05, 4.69) is 31.1 Å². The average molecular weight is 350 g/mol. The number of ether oxygens (including phenoxy) is 1. The molecule has 132 valence electrons. The molecule has 1 rings (SSSR count). The lowest BCUT2D eigenvalue weighted by Crippen LogP contribution is -2.27. The number of nitrogens with zero attached hydrogens (tertiary/aromatic N) is 2. The molecular formula is C18H26N2O3S. The van der Waals surface area contributed by atoms with Crippen LogP contribution >= 0.6 is 11.8 Å². The number of amides is 1. The Hall–Kier alpha value is -1.82. The molecule has 0 unspecified atom stereocenters. The van der Waals surface area contributed by atoms with Gasteiger partial charge in [0, 0.05) is 7.05 Å². The van der Waals surface area contributed by atoms with Crippen LogP contribution in [0.2, 0.25) is 0 Å². The molecule has 0 fully saturated rings. The molecule has 1 aromatic carbocycles. The standard InChI is InChI=1S/C18H26N2O3S/c1-7-14-10-12(3)9-13(4)15(14)11-16(21)20(5)19-17(24-6)18(22)23-8-2/h9-10H,7-8,11H2,1-6H3/b19-17-. The lowest BCUT2D eigenvalue weighted by atomic mass is 9.95. The number of hydrogen-bond acceptors (Lipinski definition) is 5.